The molecule has 0 atom stereocenters. The van der Waals surface area contributed by atoms with Crippen molar-refractivity contribution < 1.29 is 13.9 Å². The first-order valence-electron chi connectivity index (χ1n) is 6.78. The maximum atomic E-state index is 13.4. The second-order valence-electron chi connectivity index (χ2n) is 4.71. The summed E-state index contributed by atoms with van der Waals surface area (Å²) in [5, 5.41) is 9.25. The number of H-pyrrole nitrogens is 1. The molecule has 0 radical (unpaired) electrons. The average molecular weight is 312 g/mol. The highest BCUT2D eigenvalue weighted by Crippen LogP contribution is 2.23. The molecule has 0 aliphatic carbocycles. The number of carbonyl (C=O) groups is 1. The number of amides is 1. The minimum atomic E-state index is -0.508. The summed E-state index contributed by atoms with van der Waals surface area (Å²) in [7, 11) is 1.43. The van der Waals surface area contributed by atoms with Gasteiger partial charge < -0.3 is 10.1 Å². The van der Waals surface area contributed by atoms with E-state index in [-0.39, 0.29) is 5.56 Å². The molecule has 116 valence electrons. The molecule has 7 heteroatoms. The van der Waals surface area contributed by atoms with Gasteiger partial charge in [0.25, 0.3) is 5.91 Å². The summed E-state index contributed by atoms with van der Waals surface area (Å²) in [4.78, 5) is 16.4. The van der Waals surface area contributed by atoms with E-state index in [1.807, 2.05) is 6.07 Å². The van der Waals surface area contributed by atoms with E-state index in [2.05, 4.69) is 20.5 Å². The van der Waals surface area contributed by atoms with Crippen LogP contribution in [0.4, 0.5) is 10.1 Å². The first-order chi connectivity index (χ1) is 11.2. The van der Waals surface area contributed by atoms with E-state index in [1.165, 1.54) is 25.6 Å². The molecule has 3 aromatic rings. The molecule has 2 N–H and O–H groups in total. The fourth-order valence-electron chi connectivity index (χ4n) is 2.14. The molecular formula is C16H13FN4O2. The quantitative estimate of drug-likeness (QED) is 0.776. The number of anilines is 1. The molecule has 0 aliphatic rings. The maximum Gasteiger partial charge on any atom is 0.259 e. The topological polar surface area (TPSA) is 79.9 Å². The Morgan fingerprint density at radius 3 is 2.87 bits per heavy atom. The molecule has 0 spiro atoms. The Balaban J connectivity index is 1.86. The number of ether oxygens (including phenoxy) is 1. The molecule has 1 heterocycles. The molecule has 1 aromatic heterocycles. The number of methoxy groups -OCH3 is 1. The summed E-state index contributed by atoms with van der Waals surface area (Å²) in [6, 6.07) is 10.9. The van der Waals surface area contributed by atoms with Gasteiger partial charge in [-0.2, -0.15) is 5.10 Å². The lowest BCUT2D eigenvalue weighted by atomic mass is 10.1. The SMILES string of the molecule is COc1ccc(F)cc1C(=O)Nc1cccc(-c2ncn[nH]2)c1. The van der Waals surface area contributed by atoms with E-state index >= 15 is 0 Å². The van der Waals surface area contributed by atoms with Crippen molar-refractivity contribution in [3.63, 3.8) is 0 Å². The Kier molecular flexibility index (Phi) is 4.01. The maximum absolute atomic E-state index is 13.4. The molecule has 6 nitrogen and oxygen atoms in total. The standard InChI is InChI=1S/C16H13FN4O2/c1-23-14-6-5-11(17)8-13(14)16(22)20-12-4-2-3-10(7-12)15-18-9-19-21-15/h2-9H,1H3,(H,20,22)(H,18,19,21). The minimum absolute atomic E-state index is 0.123. The van der Waals surface area contributed by atoms with Gasteiger partial charge in [0.1, 0.15) is 17.9 Å². The predicted molar refractivity (Wildman–Crippen MR) is 82.7 cm³/mol. The third-order valence-corrected chi connectivity index (χ3v) is 3.22. The van der Waals surface area contributed by atoms with Crippen molar-refractivity contribution in [3.05, 3.63) is 60.2 Å². The largest absolute Gasteiger partial charge is 0.496 e. The van der Waals surface area contributed by atoms with Crippen molar-refractivity contribution in [3.8, 4) is 17.1 Å². The number of aromatic nitrogens is 3. The lowest BCUT2D eigenvalue weighted by Crippen LogP contribution is -2.13. The zero-order valence-electron chi connectivity index (χ0n) is 12.2. The lowest BCUT2D eigenvalue weighted by molar-refractivity contribution is 0.102. The van der Waals surface area contributed by atoms with Crippen molar-refractivity contribution in [2.45, 2.75) is 0 Å². The van der Waals surface area contributed by atoms with Crippen molar-refractivity contribution in [2.24, 2.45) is 0 Å². The van der Waals surface area contributed by atoms with E-state index in [9.17, 15) is 9.18 Å². The van der Waals surface area contributed by atoms with Crippen molar-refractivity contribution in [2.75, 3.05) is 12.4 Å². The van der Waals surface area contributed by atoms with Crippen LogP contribution in [0.25, 0.3) is 11.4 Å². The number of benzene rings is 2. The molecule has 2 aromatic carbocycles. The van der Waals surface area contributed by atoms with Crippen molar-refractivity contribution in [1.29, 1.82) is 0 Å². The fourth-order valence-corrected chi connectivity index (χ4v) is 2.14. The van der Waals surface area contributed by atoms with Gasteiger partial charge in [-0.1, -0.05) is 12.1 Å². The lowest BCUT2D eigenvalue weighted by Gasteiger charge is -2.10. The number of aromatic amines is 1. The summed E-state index contributed by atoms with van der Waals surface area (Å²) in [6.45, 7) is 0. The molecule has 23 heavy (non-hydrogen) atoms. The van der Waals surface area contributed by atoms with Crippen LogP contribution in [0, 0.1) is 5.82 Å². The summed E-state index contributed by atoms with van der Waals surface area (Å²) < 4.78 is 18.5. The van der Waals surface area contributed by atoms with Gasteiger partial charge in [-0.05, 0) is 30.3 Å². The molecule has 1 amide bonds. The monoisotopic (exact) mass is 312 g/mol. The van der Waals surface area contributed by atoms with Crippen LogP contribution in [0.1, 0.15) is 10.4 Å². The summed E-state index contributed by atoms with van der Waals surface area (Å²) in [5.74, 6) is -0.0813. The van der Waals surface area contributed by atoms with Crippen LogP contribution < -0.4 is 10.1 Å². The number of nitrogens with zero attached hydrogens (tertiary/aromatic N) is 2. The number of nitrogens with one attached hydrogen (secondary N) is 2. The van der Waals surface area contributed by atoms with Gasteiger partial charge in [0.05, 0.1) is 12.7 Å². The highest BCUT2D eigenvalue weighted by atomic mass is 19.1. The van der Waals surface area contributed by atoms with E-state index < -0.39 is 11.7 Å². The Morgan fingerprint density at radius 2 is 2.13 bits per heavy atom. The van der Waals surface area contributed by atoms with Crippen molar-refractivity contribution >= 4 is 11.6 Å². The molecule has 0 saturated heterocycles. The zero-order chi connectivity index (χ0) is 16.2. The number of carbonyl (C=O) groups excluding carboxylic acids is 1. The zero-order valence-corrected chi connectivity index (χ0v) is 12.2. The first kappa shape index (κ1) is 14.7. The van der Waals surface area contributed by atoms with Crippen molar-refractivity contribution in [1.82, 2.24) is 15.2 Å². The molecule has 0 fully saturated rings. The molecule has 3 rings (SSSR count). The van der Waals surface area contributed by atoms with Crippen LogP contribution in [0.2, 0.25) is 0 Å². The average Bonchev–Trinajstić information content (AvgIpc) is 3.09. The highest BCUT2D eigenvalue weighted by molar-refractivity contribution is 6.06. The van der Waals surface area contributed by atoms with E-state index in [1.54, 1.807) is 18.2 Å². The molecule has 0 saturated carbocycles. The van der Waals surface area contributed by atoms with E-state index in [0.717, 1.165) is 11.6 Å². The summed E-state index contributed by atoms with van der Waals surface area (Å²) in [5.41, 5.74) is 1.44. The Bertz CT molecular complexity index is 834. The number of hydrogen-bond donors (Lipinski definition) is 2. The first-order valence-corrected chi connectivity index (χ1v) is 6.78. The van der Waals surface area contributed by atoms with Crippen LogP contribution in [-0.4, -0.2) is 28.2 Å². The molecule has 0 unspecified atom stereocenters. The van der Waals surface area contributed by atoms with Crippen LogP contribution in [0.3, 0.4) is 0 Å². The van der Waals surface area contributed by atoms with Crippen LogP contribution >= 0.6 is 0 Å². The molecular weight excluding hydrogens is 299 g/mol. The second-order valence-corrected chi connectivity index (χ2v) is 4.71. The van der Waals surface area contributed by atoms with Gasteiger partial charge in [-0.3, -0.25) is 9.89 Å². The smallest absolute Gasteiger partial charge is 0.259 e. The van der Waals surface area contributed by atoms with Gasteiger partial charge in [-0.15, -0.1) is 0 Å². The Morgan fingerprint density at radius 1 is 1.26 bits per heavy atom. The van der Waals surface area contributed by atoms with E-state index in [4.69, 9.17) is 4.74 Å². The Labute approximate surface area is 131 Å². The van der Waals surface area contributed by atoms with Gasteiger partial charge in [-0.25, -0.2) is 9.37 Å². The van der Waals surface area contributed by atoms with Crippen LogP contribution in [-0.2, 0) is 0 Å². The molecule has 0 bridgehead atoms. The van der Waals surface area contributed by atoms with Gasteiger partial charge in [0, 0.05) is 11.3 Å². The number of hydrogen-bond acceptors (Lipinski definition) is 4. The summed E-state index contributed by atoms with van der Waals surface area (Å²) >= 11 is 0. The minimum Gasteiger partial charge on any atom is -0.496 e. The van der Waals surface area contributed by atoms with Crippen LogP contribution in [0.15, 0.2) is 48.8 Å². The normalized spacial score (nSPS) is 10.3. The van der Waals surface area contributed by atoms with Gasteiger partial charge >= 0.3 is 0 Å². The van der Waals surface area contributed by atoms with Gasteiger partial charge in [0.15, 0.2) is 5.82 Å². The van der Waals surface area contributed by atoms with Crippen LogP contribution in [0.5, 0.6) is 5.75 Å². The van der Waals surface area contributed by atoms with Gasteiger partial charge in [0.2, 0.25) is 0 Å². The fraction of sp³-hybridized carbons (Fsp3) is 0.0625. The third kappa shape index (κ3) is 3.18. The second kappa shape index (κ2) is 6.27. The third-order valence-electron chi connectivity index (χ3n) is 3.22. The van der Waals surface area contributed by atoms with E-state index in [0.29, 0.717) is 17.3 Å². The number of rotatable bonds is 4. The highest BCUT2D eigenvalue weighted by Gasteiger charge is 2.14. The Hall–Kier alpha value is -3.22. The predicted octanol–water partition coefficient (Wildman–Crippen LogP) is 2.87. The summed E-state index contributed by atoms with van der Waals surface area (Å²) in [6.07, 6.45) is 1.40. The molecule has 0 aliphatic heterocycles. The number of halogens is 1.